The van der Waals surface area contributed by atoms with Gasteiger partial charge in [-0.2, -0.15) is 0 Å². The molecule has 1 amide bonds. The van der Waals surface area contributed by atoms with Crippen molar-refractivity contribution >= 4 is 23.2 Å². The molecule has 21 heavy (non-hydrogen) atoms. The van der Waals surface area contributed by atoms with Gasteiger partial charge < -0.3 is 11.1 Å². The highest BCUT2D eigenvalue weighted by Crippen LogP contribution is 2.15. The van der Waals surface area contributed by atoms with Gasteiger partial charge in [0, 0.05) is 16.8 Å². The van der Waals surface area contributed by atoms with E-state index in [-0.39, 0.29) is 11.9 Å². The van der Waals surface area contributed by atoms with E-state index >= 15 is 0 Å². The Bertz CT molecular complexity index is 655. The molecule has 2 rings (SSSR count). The van der Waals surface area contributed by atoms with E-state index in [1.165, 1.54) is 0 Å². The Labute approximate surface area is 130 Å². The Morgan fingerprint density at radius 1 is 1.29 bits per heavy atom. The molecule has 3 N–H and O–H groups in total. The molecular weight excluding hydrogens is 284 g/mol. The first-order chi connectivity index (χ1) is 9.95. The van der Waals surface area contributed by atoms with Gasteiger partial charge in [0.1, 0.15) is 0 Å². The van der Waals surface area contributed by atoms with Crippen LogP contribution in [0.15, 0.2) is 42.5 Å². The number of carbonyl (C=O) groups excluding carboxylic acids is 1. The molecule has 0 aliphatic rings. The number of nitrogens with two attached hydrogens (primary N) is 1. The SMILES string of the molecule is Cc1ccc(N)c(C(=O)NC(C)Cc2cccc(Cl)c2)c1. The lowest BCUT2D eigenvalue weighted by Crippen LogP contribution is -2.34. The second-order valence-corrected chi connectivity index (χ2v) is 5.74. The average Bonchev–Trinajstić information content (AvgIpc) is 2.41. The normalized spacial score (nSPS) is 12.0. The molecule has 1 unspecified atom stereocenters. The van der Waals surface area contributed by atoms with Gasteiger partial charge in [0.2, 0.25) is 0 Å². The first-order valence-electron chi connectivity index (χ1n) is 6.87. The quantitative estimate of drug-likeness (QED) is 0.848. The fourth-order valence-corrected chi connectivity index (χ4v) is 2.45. The summed E-state index contributed by atoms with van der Waals surface area (Å²) < 4.78 is 0. The molecule has 0 aliphatic carbocycles. The monoisotopic (exact) mass is 302 g/mol. The van der Waals surface area contributed by atoms with E-state index in [0.717, 1.165) is 17.5 Å². The van der Waals surface area contributed by atoms with E-state index in [2.05, 4.69) is 5.32 Å². The van der Waals surface area contributed by atoms with Crippen LogP contribution in [0.1, 0.15) is 28.4 Å². The van der Waals surface area contributed by atoms with Crippen molar-refractivity contribution in [3.05, 3.63) is 64.2 Å². The van der Waals surface area contributed by atoms with E-state index < -0.39 is 0 Å². The molecule has 0 radical (unpaired) electrons. The molecule has 0 bridgehead atoms. The maximum Gasteiger partial charge on any atom is 0.253 e. The summed E-state index contributed by atoms with van der Waals surface area (Å²) in [4.78, 5) is 12.3. The van der Waals surface area contributed by atoms with Crippen molar-refractivity contribution in [2.45, 2.75) is 26.3 Å². The lowest BCUT2D eigenvalue weighted by atomic mass is 10.1. The van der Waals surface area contributed by atoms with Crippen molar-refractivity contribution in [2.24, 2.45) is 0 Å². The van der Waals surface area contributed by atoms with Crippen molar-refractivity contribution < 1.29 is 4.79 Å². The summed E-state index contributed by atoms with van der Waals surface area (Å²) in [6.45, 7) is 3.90. The first-order valence-corrected chi connectivity index (χ1v) is 7.25. The van der Waals surface area contributed by atoms with Crippen LogP contribution < -0.4 is 11.1 Å². The molecule has 0 aromatic heterocycles. The van der Waals surface area contributed by atoms with Crippen molar-refractivity contribution in [2.75, 3.05) is 5.73 Å². The number of halogens is 1. The number of nitrogens with one attached hydrogen (secondary N) is 1. The van der Waals surface area contributed by atoms with Crippen molar-refractivity contribution in [1.29, 1.82) is 0 Å². The highest BCUT2D eigenvalue weighted by atomic mass is 35.5. The number of carbonyl (C=O) groups is 1. The predicted octanol–water partition coefficient (Wildman–Crippen LogP) is 3.59. The van der Waals surface area contributed by atoms with E-state index in [1.54, 1.807) is 12.1 Å². The fraction of sp³-hybridized carbons (Fsp3) is 0.235. The van der Waals surface area contributed by atoms with Gasteiger partial charge in [-0.25, -0.2) is 0 Å². The second kappa shape index (κ2) is 6.64. The predicted molar refractivity (Wildman–Crippen MR) is 87.7 cm³/mol. The van der Waals surface area contributed by atoms with Gasteiger partial charge in [0.05, 0.1) is 5.56 Å². The highest BCUT2D eigenvalue weighted by molar-refractivity contribution is 6.30. The Balaban J connectivity index is 2.03. The molecule has 0 saturated heterocycles. The third-order valence-electron chi connectivity index (χ3n) is 3.26. The summed E-state index contributed by atoms with van der Waals surface area (Å²) in [7, 11) is 0. The second-order valence-electron chi connectivity index (χ2n) is 5.30. The van der Waals surface area contributed by atoms with Crippen molar-refractivity contribution in [3.8, 4) is 0 Å². The minimum absolute atomic E-state index is 0.00382. The lowest BCUT2D eigenvalue weighted by Gasteiger charge is -2.15. The molecule has 0 saturated carbocycles. The molecule has 0 spiro atoms. The van der Waals surface area contributed by atoms with Gasteiger partial charge >= 0.3 is 0 Å². The summed E-state index contributed by atoms with van der Waals surface area (Å²) in [5.41, 5.74) is 8.98. The maximum absolute atomic E-state index is 12.3. The van der Waals surface area contributed by atoms with Crippen molar-refractivity contribution in [3.63, 3.8) is 0 Å². The summed E-state index contributed by atoms with van der Waals surface area (Å²) in [6.07, 6.45) is 0.720. The fourth-order valence-electron chi connectivity index (χ4n) is 2.24. The number of rotatable bonds is 4. The van der Waals surface area contributed by atoms with Gasteiger partial charge in [-0.05, 0) is 50.1 Å². The van der Waals surface area contributed by atoms with Crippen molar-refractivity contribution in [1.82, 2.24) is 5.32 Å². The topological polar surface area (TPSA) is 55.1 Å². The summed E-state index contributed by atoms with van der Waals surface area (Å²) >= 11 is 5.96. The van der Waals surface area contributed by atoms with Crippen LogP contribution in [0.5, 0.6) is 0 Å². The Hall–Kier alpha value is -2.00. The third kappa shape index (κ3) is 4.23. The lowest BCUT2D eigenvalue weighted by molar-refractivity contribution is 0.0941. The number of hydrogen-bond acceptors (Lipinski definition) is 2. The summed E-state index contributed by atoms with van der Waals surface area (Å²) in [5, 5.41) is 3.67. The molecule has 0 fully saturated rings. The van der Waals surface area contributed by atoms with Crippen LogP contribution in [-0.2, 0) is 6.42 Å². The number of amides is 1. The van der Waals surface area contributed by atoms with E-state index in [0.29, 0.717) is 16.3 Å². The molecule has 2 aromatic rings. The Kier molecular flexibility index (Phi) is 4.86. The molecule has 0 aliphatic heterocycles. The number of nitrogen functional groups attached to an aromatic ring is 1. The minimum atomic E-state index is -0.147. The summed E-state index contributed by atoms with van der Waals surface area (Å²) in [5.74, 6) is -0.147. The Morgan fingerprint density at radius 2 is 2.05 bits per heavy atom. The molecule has 3 nitrogen and oxygen atoms in total. The van der Waals surface area contributed by atoms with Crippen LogP contribution in [0.2, 0.25) is 5.02 Å². The zero-order valence-electron chi connectivity index (χ0n) is 12.2. The van der Waals surface area contributed by atoms with Gasteiger partial charge in [-0.3, -0.25) is 4.79 Å². The van der Waals surface area contributed by atoms with Crippen LogP contribution in [0.3, 0.4) is 0 Å². The van der Waals surface area contributed by atoms with Crippen LogP contribution >= 0.6 is 11.6 Å². The van der Waals surface area contributed by atoms with E-state index in [1.807, 2.05) is 44.2 Å². The van der Waals surface area contributed by atoms with Crippen LogP contribution in [-0.4, -0.2) is 11.9 Å². The first kappa shape index (κ1) is 15.4. The third-order valence-corrected chi connectivity index (χ3v) is 3.50. The molecule has 1 atom stereocenters. The smallest absolute Gasteiger partial charge is 0.253 e. The number of hydrogen-bond donors (Lipinski definition) is 2. The molecule has 4 heteroatoms. The van der Waals surface area contributed by atoms with Crippen LogP contribution in [0, 0.1) is 6.92 Å². The number of aryl methyl sites for hydroxylation is 1. The zero-order chi connectivity index (χ0) is 15.4. The van der Waals surface area contributed by atoms with Gasteiger partial charge in [-0.15, -0.1) is 0 Å². The number of anilines is 1. The zero-order valence-corrected chi connectivity index (χ0v) is 12.9. The van der Waals surface area contributed by atoms with Gasteiger partial charge in [-0.1, -0.05) is 35.4 Å². The van der Waals surface area contributed by atoms with Gasteiger partial charge in [0.25, 0.3) is 5.91 Å². The molecule has 2 aromatic carbocycles. The highest BCUT2D eigenvalue weighted by Gasteiger charge is 2.13. The molecular formula is C17H19ClN2O. The van der Waals surface area contributed by atoms with Gasteiger partial charge in [0.15, 0.2) is 0 Å². The summed E-state index contributed by atoms with van der Waals surface area (Å²) in [6, 6.07) is 13.1. The van der Waals surface area contributed by atoms with Crippen LogP contribution in [0.4, 0.5) is 5.69 Å². The van der Waals surface area contributed by atoms with E-state index in [9.17, 15) is 4.79 Å². The Morgan fingerprint density at radius 3 is 2.76 bits per heavy atom. The van der Waals surface area contributed by atoms with E-state index in [4.69, 9.17) is 17.3 Å². The number of benzene rings is 2. The standard InChI is InChI=1S/C17H19ClN2O/c1-11-6-7-16(19)15(8-11)17(21)20-12(2)9-13-4-3-5-14(18)10-13/h3-8,10,12H,9,19H2,1-2H3,(H,20,21). The van der Waals surface area contributed by atoms with Crippen LogP contribution in [0.25, 0.3) is 0 Å². The largest absolute Gasteiger partial charge is 0.398 e. The minimum Gasteiger partial charge on any atom is -0.398 e. The molecule has 110 valence electrons. The maximum atomic E-state index is 12.3. The molecule has 0 heterocycles. The average molecular weight is 303 g/mol.